The van der Waals surface area contributed by atoms with Gasteiger partial charge in [0.05, 0.1) is 6.61 Å². The fraction of sp³-hybridized carbons (Fsp3) is 0.688. The Morgan fingerprint density at radius 1 is 0.944 bits per heavy atom. The Bertz CT molecular complexity index is 241. The number of rotatable bonds is 11. The molecule has 18 heavy (non-hydrogen) atoms. The van der Waals surface area contributed by atoms with E-state index in [-0.39, 0.29) is 5.97 Å². The van der Waals surface area contributed by atoms with E-state index in [1.807, 2.05) is 0 Å². The second-order valence-corrected chi connectivity index (χ2v) is 4.53. The first-order valence-electron chi connectivity index (χ1n) is 7.17. The summed E-state index contributed by atoms with van der Waals surface area (Å²) >= 11 is 0. The van der Waals surface area contributed by atoms with E-state index in [0.717, 1.165) is 12.8 Å². The molecular formula is C16H28O2. The average molecular weight is 252 g/mol. The van der Waals surface area contributed by atoms with Crippen LogP contribution < -0.4 is 0 Å². The SMILES string of the molecule is C/C=C/C/C=C\CCCCCCCCOC(C)=O. The zero-order chi connectivity index (χ0) is 13.5. The number of unbranched alkanes of at least 4 members (excludes halogenated alkanes) is 6. The molecular weight excluding hydrogens is 224 g/mol. The molecule has 0 aliphatic rings. The standard InChI is InChI=1S/C16H28O2/c1-3-4-5-6-7-8-9-10-11-12-13-14-15-18-16(2)17/h3-4,6-7H,5,8-15H2,1-2H3/b4-3+,7-6-. The highest BCUT2D eigenvalue weighted by Crippen LogP contribution is 2.08. The number of carbonyl (C=O) groups is 1. The molecule has 0 atom stereocenters. The van der Waals surface area contributed by atoms with Gasteiger partial charge in [-0.05, 0) is 32.6 Å². The summed E-state index contributed by atoms with van der Waals surface area (Å²) in [7, 11) is 0. The van der Waals surface area contributed by atoms with Gasteiger partial charge in [-0.15, -0.1) is 0 Å². The molecule has 0 aliphatic heterocycles. The fourth-order valence-electron chi connectivity index (χ4n) is 1.72. The van der Waals surface area contributed by atoms with Crippen molar-refractivity contribution in [1.29, 1.82) is 0 Å². The fourth-order valence-corrected chi connectivity index (χ4v) is 1.72. The highest BCUT2D eigenvalue weighted by atomic mass is 16.5. The number of hydrogen-bond acceptors (Lipinski definition) is 2. The van der Waals surface area contributed by atoms with Gasteiger partial charge < -0.3 is 4.74 Å². The van der Waals surface area contributed by atoms with Crippen molar-refractivity contribution in [3.63, 3.8) is 0 Å². The molecule has 0 N–H and O–H groups in total. The third-order valence-corrected chi connectivity index (χ3v) is 2.74. The van der Waals surface area contributed by atoms with Crippen LogP contribution in [-0.4, -0.2) is 12.6 Å². The lowest BCUT2D eigenvalue weighted by Crippen LogP contribution is -1.99. The van der Waals surface area contributed by atoms with Crippen LogP contribution in [0.3, 0.4) is 0 Å². The predicted octanol–water partition coefficient (Wildman–Crippen LogP) is 4.80. The summed E-state index contributed by atoms with van der Waals surface area (Å²) < 4.78 is 4.88. The van der Waals surface area contributed by atoms with E-state index in [2.05, 4.69) is 31.2 Å². The molecule has 0 fully saturated rings. The maximum Gasteiger partial charge on any atom is 0.302 e. The second kappa shape index (κ2) is 14.0. The van der Waals surface area contributed by atoms with Crippen molar-refractivity contribution in [2.75, 3.05) is 6.61 Å². The molecule has 0 heterocycles. The quantitative estimate of drug-likeness (QED) is 0.300. The van der Waals surface area contributed by atoms with Crippen LogP contribution in [0.1, 0.15) is 65.2 Å². The topological polar surface area (TPSA) is 26.3 Å². The summed E-state index contributed by atoms with van der Waals surface area (Å²) in [5.74, 6) is -0.167. The summed E-state index contributed by atoms with van der Waals surface area (Å²) in [6.45, 7) is 4.10. The van der Waals surface area contributed by atoms with Gasteiger partial charge in [0.15, 0.2) is 0 Å². The maximum atomic E-state index is 10.5. The van der Waals surface area contributed by atoms with Gasteiger partial charge in [-0.25, -0.2) is 0 Å². The van der Waals surface area contributed by atoms with E-state index in [1.54, 1.807) is 0 Å². The van der Waals surface area contributed by atoms with Crippen molar-refractivity contribution in [2.24, 2.45) is 0 Å². The highest BCUT2D eigenvalue weighted by Gasteiger charge is 1.93. The molecule has 0 aromatic heterocycles. The van der Waals surface area contributed by atoms with E-state index in [1.165, 1.54) is 45.4 Å². The van der Waals surface area contributed by atoms with E-state index in [0.29, 0.717) is 6.61 Å². The Balaban J connectivity index is 3.07. The molecule has 0 aromatic carbocycles. The van der Waals surface area contributed by atoms with E-state index in [4.69, 9.17) is 4.74 Å². The second-order valence-electron chi connectivity index (χ2n) is 4.53. The van der Waals surface area contributed by atoms with E-state index >= 15 is 0 Å². The molecule has 0 aliphatic carbocycles. The van der Waals surface area contributed by atoms with Crippen molar-refractivity contribution >= 4 is 5.97 Å². The minimum absolute atomic E-state index is 0.167. The smallest absolute Gasteiger partial charge is 0.302 e. The van der Waals surface area contributed by atoms with Gasteiger partial charge in [-0.2, -0.15) is 0 Å². The van der Waals surface area contributed by atoms with Gasteiger partial charge in [-0.1, -0.05) is 50.0 Å². The Morgan fingerprint density at radius 3 is 2.28 bits per heavy atom. The maximum absolute atomic E-state index is 10.5. The largest absolute Gasteiger partial charge is 0.466 e. The first kappa shape index (κ1) is 16.9. The molecule has 0 saturated heterocycles. The van der Waals surface area contributed by atoms with Gasteiger partial charge in [0.2, 0.25) is 0 Å². The first-order chi connectivity index (χ1) is 8.77. The minimum atomic E-state index is -0.167. The van der Waals surface area contributed by atoms with Crippen molar-refractivity contribution in [1.82, 2.24) is 0 Å². The van der Waals surface area contributed by atoms with Crippen LogP contribution >= 0.6 is 0 Å². The molecule has 0 aromatic rings. The minimum Gasteiger partial charge on any atom is -0.466 e. The van der Waals surface area contributed by atoms with Crippen molar-refractivity contribution in [3.05, 3.63) is 24.3 Å². The summed E-state index contributed by atoms with van der Waals surface area (Å²) in [4.78, 5) is 10.5. The number of ether oxygens (including phenoxy) is 1. The van der Waals surface area contributed by atoms with Crippen LogP contribution in [0.5, 0.6) is 0 Å². The van der Waals surface area contributed by atoms with Crippen LogP contribution in [0.4, 0.5) is 0 Å². The molecule has 0 radical (unpaired) electrons. The number of allylic oxidation sites excluding steroid dienone is 4. The average Bonchev–Trinajstić information content (AvgIpc) is 2.34. The Hall–Kier alpha value is -1.05. The van der Waals surface area contributed by atoms with Crippen LogP contribution in [0.25, 0.3) is 0 Å². The van der Waals surface area contributed by atoms with Gasteiger partial charge in [0.1, 0.15) is 0 Å². The van der Waals surface area contributed by atoms with Crippen LogP contribution in [0, 0.1) is 0 Å². The molecule has 0 amide bonds. The summed E-state index contributed by atoms with van der Waals surface area (Å²) in [6, 6.07) is 0. The molecule has 2 nitrogen and oxygen atoms in total. The van der Waals surface area contributed by atoms with Gasteiger partial charge in [0, 0.05) is 6.92 Å². The molecule has 0 unspecified atom stereocenters. The van der Waals surface area contributed by atoms with E-state index < -0.39 is 0 Å². The Kier molecular flexibility index (Phi) is 13.2. The molecule has 0 saturated carbocycles. The molecule has 104 valence electrons. The number of hydrogen-bond donors (Lipinski definition) is 0. The lowest BCUT2D eigenvalue weighted by atomic mass is 10.1. The predicted molar refractivity (Wildman–Crippen MR) is 77.5 cm³/mol. The van der Waals surface area contributed by atoms with Crippen LogP contribution in [0.15, 0.2) is 24.3 Å². The van der Waals surface area contributed by atoms with Crippen molar-refractivity contribution in [3.8, 4) is 0 Å². The normalized spacial score (nSPS) is 11.4. The zero-order valence-corrected chi connectivity index (χ0v) is 12.0. The van der Waals surface area contributed by atoms with Crippen molar-refractivity contribution < 1.29 is 9.53 Å². The number of carbonyl (C=O) groups excluding carboxylic acids is 1. The lowest BCUT2D eigenvalue weighted by Gasteiger charge is -2.01. The Morgan fingerprint density at radius 2 is 1.61 bits per heavy atom. The monoisotopic (exact) mass is 252 g/mol. The highest BCUT2D eigenvalue weighted by molar-refractivity contribution is 5.65. The summed E-state index contributed by atoms with van der Waals surface area (Å²) in [5, 5.41) is 0. The first-order valence-corrected chi connectivity index (χ1v) is 7.17. The Labute approximate surface area is 112 Å². The summed E-state index contributed by atoms with van der Waals surface area (Å²) in [6.07, 6.45) is 18.3. The number of esters is 1. The molecule has 0 bridgehead atoms. The van der Waals surface area contributed by atoms with Crippen LogP contribution in [0.2, 0.25) is 0 Å². The third-order valence-electron chi connectivity index (χ3n) is 2.74. The summed E-state index contributed by atoms with van der Waals surface area (Å²) in [5.41, 5.74) is 0. The lowest BCUT2D eigenvalue weighted by molar-refractivity contribution is -0.141. The molecule has 0 rings (SSSR count). The van der Waals surface area contributed by atoms with E-state index in [9.17, 15) is 4.79 Å². The van der Waals surface area contributed by atoms with Gasteiger partial charge in [-0.3, -0.25) is 4.79 Å². The molecule has 0 spiro atoms. The van der Waals surface area contributed by atoms with Crippen molar-refractivity contribution in [2.45, 2.75) is 65.2 Å². The van der Waals surface area contributed by atoms with Crippen LogP contribution in [-0.2, 0) is 9.53 Å². The molecule has 2 heteroatoms. The zero-order valence-electron chi connectivity index (χ0n) is 12.0. The van der Waals surface area contributed by atoms with Gasteiger partial charge in [0.25, 0.3) is 0 Å². The van der Waals surface area contributed by atoms with Gasteiger partial charge >= 0.3 is 5.97 Å². The third kappa shape index (κ3) is 14.9.